The number of aromatic carboxylic acids is 1. The standard InChI is InChI=1S/C13H11ClN2O3/c1-7-3-8(10(5-15-7)13(17)18)9-4-12(14)16-6-11(9)19-2/h3-6H,1-2H3,(H,17,18)/i1D3,2D3. The lowest BCUT2D eigenvalue weighted by Crippen LogP contribution is -2.02. The lowest BCUT2D eigenvalue weighted by atomic mass is 10.0. The Morgan fingerprint density at radius 1 is 1.37 bits per heavy atom. The normalized spacial score (nSPS) is 16.3. The molecule has 0 spiro atoms. The summed E-state index contributed by atoms with van der Waals surface area (Å²) in [6.07, 6.45) is 1.90. The number of aryl methyl sites for hydroxylation is 1. The van der Waals surface area contributed by atoms with Gasteiger partial charge in [-0.1, -0.05) is 11.6 Å². The quantitative estimate of drug-likeness (QED) is 0.878. The second-order valence-electron chi connectivity index (χ2n) is 3.53. The molecule has 0 amide bonds. The fourth-order valence-corrected chi connectivity index (χ4v) is 1.72. The molecule has 0 atom stereocenters. The Balaban J connectivity index is 2.75. The number of hydrogen-bond donors (Lipinski definition) is 1. The first kappa shape index (κ1) is 7.45. The molecule has 0 aliphatic carbocycles. The van der Waals surface area contributed by atoms with Gasteiger partial charge in [-0.2, -0.15) is 0 Å². The number of carbonyl (C=O) groups is 1. The Labute approximate surface area is 123 Å². The summed E-state index contributed by atoms with van der Waals surface area (Å²) in [6, 6.07) is 2.22. The third-order valence-electron chi connectivity index (χ3n) is 2.37. The number of hydrogen-bond acceptors (Lipinski definition) is 4. The highest BCUT2D eigenvalue weighted by Crippen LogP contribution is 2.33. The van der Waals surface area contributed by atoms with Gasteiger partial charge in [-0.05, 0) is 19.0 Å². The van der Waals surface area contributed by atoms with E-state index in [0.29, 0.717) is 0 Å². The number of aromatic nitrogens is 2. The Morgan fingerprint density at radius 2 is 2.21 bits per heavy atom. The van der Waals surface area contributed by atoms with E-state index in [1.807, 2.05) is 0 Å². The van der Waals surface area contributed by atoms with Crippen LogP contribution in [0.2, 0.25) is 5.15 Å². The highest BCUT2D eigenvalue weighted by Gasteiger charge is 2.16. The van der Waals surface area contributed by atoms with E-state index in [0.717, 1.165) is 18.5 Å². The molecule has 0 unspecified atom stereocenters. The number of pyridine rings is 2. The summed E-state index contributed by atoms with van der Waals surface area (Å²) in [6.45, 7) is -2.59. The van der Waals surface area contributed by atoms with Gasteiger partial charge in [0.05, 0.1) is 22.9 Å². The minimum Gasteiger partial charge on any atom is -0.494 e. The van der Waals surface area contributed by atoms with Crippen molar-refractivity contribution in [1.82, 2.24) is 9.97 Å². The lowest BCUT2D eigenvalue weighted by molar-refractivity contribution is 0.0697. The maximum absolute atomic E-state index is 11.5. The predicted molar refractivity (Wildman–Crippen MR) is 70.7 cm³/mol. The second kappa shape index (κ2) is 5.24. The van der Waals surface area contributed by atoms with E-state index in [1.54, 1.807) is 0 Å². The van der Waals surface area contributed by atoms with Crippen LogP contribution in [0, 0.1) is 6.85 Å². The zero-order chi connectivity index (χ0) is 19.0. The molecule has 2 rings (SSSR count). The molecule has 2 aromatic rings. The van der Waals surface area contributed by atoms with Crippen molar-refractivity contribution in [3.63, 3.8) is 0 Å². The number of ether oxygens (including phenoxy) is 1. The monoisotopic (exact) mass is 284 g/mol. The van der Waals surface area contributed by atoms with E-state index in [-0.39, 0.29) is 33.3 Å². The van der Waals surface area contributed by atoms with Crippen molar-refractivity contribution >= 4 is 17.6 Å². The van der Waals surface area contributed by atoms with Crippen LogP contribution in [0.3, 0.4) is 0 Å². The summed E-state index contributed by atoms with van der Waals surface area (Å²) in [7, 11) is -2.83. The van der Waals surface area contributed by atoms with Gasteiger partial charge in [0, 0.05) is 27.1 Å². The van der Waals surface area contributed by atoms with Gasteiger partial charge in [0.2, 0.25) is 0 Å². The van der Waals surface area contributed by atoms with Gasteiger partial charge in [-0.15, -0.1) is 0 Å². The van der Waals surface area contributed by atoms with Crippen LogP contribution < -0.4 is 4.74 Å². The summed E-state index contributed by atoms with van der Waals surface area (Å²) < 4.78 is 48.6. The summed E-state index contributed by atoms with van der Waals surface area (Å²) in [5.41, 5.74) is -0.829. The van der Waals surface area contributed by atoms with E-state index in [2.05, 4.69) is 9.97 Å². The van der Waals surface area contributed by atoms with Crippen LogP contribution in [-0.2, 0) is 0 Å². The van der Waals surface area contributed by atoms with E-state index in [4.69, 9.17) is 24.6 Å². The number of nitrogens with zero attached hydrogens (tertiary/aromatic N) is 2. The molecular weight excluding hydrogens is 268 g/mol. The molecular formula is C13H11ClN2O3. The molecule has 2 aromatic heterocycles. The van der Waals surface area contributed by atoms with Gasteiger partial charge in [0.25, 0.3) is 0 Å². The average molecular weight is 285 g/mol. The number of halogens is 1. The highest BCUT2D eigenvalue weighted by atomic mass is 35.5. The molecule has 0 fully saturated rings. The fraction of sp³-hybridized carbons (Fsp3) is 0.154. The number of rotatable bonds is 3. The maximum Gasteiger partial charge on any atom is 0.337 e. The molecule has 0 aromatic carbocycles. The van der Waals surface area contributed by atoms with Crippen LogP contribution in [0.5, 0.6) is 5.75 Å². The molecule has 5 nitrogen and oxygen atoms in total. The number of carboxylic acid groups (broad SMARTS) is 1. The van der Waals surface area contributed by atoms with Crippen LogP contribution in [0.15, 0.2) is 24.5 Å². The first-order valence-corrected chi connectivity index (χ1v) is 5.35. The predicted octanol–water partition coefficient (Wildman–Crippen LogP) is 2.81. The molecule has 0 saturated carbocycles. The fourth-order valence-electron chi connectivity index (χ4n) is 1.56. The summed E-state index contributed by atoms with van der Waals surface area (Å²) in [5, 5.41) is 9.27. The molecule has 1 N–H and O–H groups in total. The van der Waals surface area contributed by atoms with Crippen molar-refractivity contribution < 1.29 is 22.9 Å². The van der Waals surface area contributed by atoms with Gasteiger partial charge in [0.15, 0.2) is 0 Å². The molecule has 0 bridgehead atoms. The molecule has 0 saturated heterocycles. The van der Waals surface area contributed by atoms with Crippen molar-refractivity contribution in [3.05, 3.63) is 40.9 Å². The third-order valence-corrected chi connectivity index (χ3v) is 2.58. The molecule has 6 heteroatoms. The molecule has 0 aliphatic heterocycles. The maximum atomic E-state index is 11.5. The van der Waals surface area contributed by atoms with Gasteiger partial charge in [0.1, 0.15) is 10.9 Å². The summed E-state index contributed by atoms with van der Waals surface area (Å²) >= 11 is 5.82. The molecule has 0 aliphatic rings. The molecule has 2 heterocycles. The molecule has 98 valence electrons. The molecule has 0 radical (unpaired) electrons. The van der Waals surface area contributed by atoms with Crippen LogP contribution in [0.25, 0.3) is 11.1 Å². The van der Waals surface area contributed by atoms with Crippen molar-refractivity contribution in [1.29, 1.82) is 0 Å². The SMILES string of the molecule is [2H]C([2H])([2H])Oc1cnc(Cl)cc1-c1cc(C([2H])([2H])[2H])ncc1C(=O)O. The van der Waals surface area contributed by atoms with Crippen LogP contribution >= 0.6 is 11.6 Å². The Kier molecular flexibility index (Phi) is 2.05. The summed E-state index contributed by atoms with van der Waals surface area (Å²) in [5.74, 6) is -1.65. The van der Waals surface area contributed by atoms with E-state index < -0.39 is 19.9 Å². The number of carboxylic acids is 1. The minimum atomic E-state index is -2.83. The third kappa shape index (κ3) is 2.66. The van der Waals surface area contributed by atoms with Crippen molar-refractivity contribution in [2.45, 2.75) is 6.85 Å². The van der Waals surface area contributed by atoms with E-state index in [1.165, 1.54) is 6.07 Å². The van der Waals surface area contributed by atoms with Crippen molar-refractivity contribution in [2.75, 3.05) is 7.04 Å². The first-order chi connectivity index (χ1) is 11.4. The zero-order valence-corrected chi connectivity index (χ0v) is 10.1. The highest BCUT2D eigenvalue weighted by molar-refractivity contribution is 6.29. The van der Waals surface area contributed by atoms with Crippen molar-refractivity contribution in [2.24, 2.45) is 0 Å². The van der Waals surface area contributed by atoms with E-state index in [9.17, 15) is 9.90 Å². The Hall–Kier alpha value is -2.14. The average Bonchev–Trinajstić information content (AvgIpc) is 2.46. The van der Waals surface area contributed by atoms with Crippen molar-refractivity contribution in [3.8, 4) is 16.9 Å². The topological polar surface area (TPSA) is 72.3 Å². The smallest absolute Gasteiger partial charge is 0.337 e. The largest absolute Gasteiger partial charge is 0.494 e. The summed E-state index contributed by atoms with van der Waals surface area (Å²) in [4.78, 5) is 18.8. The van der Waals surface area contributed by atoms with Gasteiger partial charge >= 0.3 is 5.97 Å². The Morgan fingerprint density at radius 3 is 2.89 bits per heavy atom. The van der Waals surface area contributed by atoms with Gasteiger partial charge < -0.3 is 9.84 Å². The van der Waals surface area contributed by atoms with Gasteiger partial charge in [-0.3, -0.25) is 4.98 Å². The number of methoxy groups -OCH3 is 1. The first-order valence-electron chi connectivity index (χ1n) is 7.97. The van der Waals surface area contributed by atoms with Crippen LogP contribution in [-0.4, -0.2) is 28.1 Å². The minimum absolute atomic E-state index is 0.0265. The Bertz CT molecular complexity index is 822. The van der Waals surface area contributed by atoms with Crippen LogP contribution in [0.1, 0.15) is 24.3 Å². The second-order valence-corrected chi connectivity index (χ2v) is 3.91. The van der Waals surface area contributed by atoms with Crippen LogP contribution in [0.4, 0.5) is 0 Å². The van der Waals surface area contributed by atoms with Gasteiger partial charge in [-0.25, -0.2) is 9.78 Å². The lowest BCUT2D eigenvalue weighted by Gasteiger charge is -2.11. The van der Waals surface area contributed by atoms with E-state index >= 15 is 0 Å². The zero-order valence-electron chi connectivity index (χ0n) is 15.3. The molecule has 19 heavy (non-hydrogen) atoms.